The second kappa shape index (κ2) is 7.36. The summed E-state index contributed by atoms with van der Waals surface area (Å²) in [5.41, 5.74) is 1.14. The topological polar surface area (TPSA) is 58.0 Å². The highest BCUT2D eigenvalue weighted by Crippen LogP contribution is 2.18. The summed E-state index contributed by atoms with van der Waals surface area (Å²) < 4.78 is 0. The average molecular weight is 291 g/mol. The monoisotopic (exact) mass is 291 g/mol. The fraction of sp³-hybridized carbons (Fsp3) is 0.467. The van der Waals surface area contributed by atoms with E-state index in [2.05, 4.69) is 22.4 Å². The van der Waals surface area contributed by atoms with Crippen molar-refractivity contribution in [1.29, 1.82) is 0 Å². The Morgan fingerprint density at radius 2 is 2.00 bits per heavy atom. The van der Waals surface area contributed by atoms with Crippen molar-refractivity contribution in [3.63, 3.8) is 0 Å². The van der Waals surface area contributed by atoms with Gasteiger partial charge in [0, 0.05) is 12.8 Å². The summed E-state index contributed by atoms with van der Waals surface area (Å²) >= 11 is 1.57. The smallest absolute Gasteiger partial charge is 0.205 e. The van der Waals surface area contributed by atoms with Gasteiger partial charge in [-0.25, -0.2) is 0 Å². The molecule has 2 N–H and O–H groups in total. The van der Waals surface area contributed by atoms with Gasteiger partial charge in [-0.15, -0.1) is 10.2 Å². The molecule has 2 unspecified atom stereocenters. The minimum absolute atomic E-state index is 0.0577. The van der Waals surface area contributed by atoms with E-state index in [9.17, 15) is 5.11 Å². The molecule has 1 heterocycles. The molecule has 2 atom stereocenters. The lowest BCUT2D eigenvalue weighted by Gasteiger charge is -2.19. The van der Waals surface area contributed by atoms with Crippen LogP contribution in [0.1, 0.15) is 30.8 Å². The van der Waals surface area contributed by atoms with Gasteiger partial charge in [0.1, 0.15) is 5.01 Å². The van der Waals surface area contributed by atoms with Crippen molar-refractivity contribution >= 4 is 16.5 Å². The Bertz CT molecular complexity index is 515. The molecule has 0 saturated carbocycles. The second-order valence-electron chi connectivity index (χ2n) is 4.94. The van der Waals surface area contributed by atoms with Gasteiger partial charge in [0.05, 0.1) is 12.1 Å². The first-order chi connectivity index (χ1) is 9.69. The number of nitrogens with one attached hydrogen (secondary N) is 1. The number of aliphatic hydroxyl groups is 1. The highest BCUT2D eigenvalue weighted by molar-refractivity contribution is 7.15. The first-order valence-corrected chi connectivity index (χ1v) is 7.81. The van der Waals surface area contributed by atoms with E-state index < -0.39 is 6.10 Å². The minimum Gasteiger partial charge on any atom is -0.391 e. The van der Waals surface area contributed by atoms with Gasteiger partial charge in [-0.2, -0.15) is 0 Å². The van der Waals surface area contributed by atoms with Crippen LogP contribution in [0.2, 0.25) is 0 Å². The fourth-order valence-electron chi connectivity index (χ4n) is 1.95. The first kappa shape index (κ1) is 14.9. The molecule has 1 aromatic heterocycles. The van der Waals surface area contributed by atoms with Crippen LogP contribution in [0.25, 0.3) is 0 Å². The van der Waals surface area contributed by atoms with Gasteiger partial charge >= 0.3 is 0 Å². The lowest BCUT2D eigenvalue weighted by atomic mass is 10.0. The zero-order valence-electron chi connectivity index (χ0n) is 11.9. The van der Waals surface area contributed by atoms with Crippen molar-refractivity contribution in [1.82, 2.24) is 10.2 Å². The molecule has 0 spiro atoms. The zero-order chi connectivity index (χ0) is 14.4. The van der Waals surface area contributed by atoms with Crippen LogP contribution in [0.5, 0.6) is 0 Å². The molecule has 0 aliphatic rings. The van der Waals surface area contributed by atoms with Crippen LogP contribution < -0.4 is 5.32 Å². The van der Waals surface area contributed by atoms with Gasteiger partial charge in [-0.05, 0) is 18.9 Å². The van der Waals surface area contributed by atoms with E-state index in [1.54, 1.807) is 11.3 Å². The number of aliphatic hydroxyl groups excluding tert-OH is 1. The normalized spacial score (nSPS) is 13.9. The number of aromatic nitrogens is 2. The summed E-state index contributed by atoms with van der Waals surface area (Å²) in [5.74, 6) is 0. The lowest BCUT2D eigenvalue weighted by Crippen LogP contribution is -2.32. The third kappa shape index (κ3) is 4.28. The summed E-state index contributed by atoms with van der Waals surface area (Å²) in [6.07, 6.45) is 2.22. The van der Waals surface area contributed by atoms with Crippen LogP contribution in [0.3, 0.4) is 0 Å². The number of benzene rings is 1. The van der Waals surface area contributed by atoms with E-state index in [4.69, 9.17) is 0 Å². The van der Waals surface area contributed by atoms with E-state index in [1.807, 2.05) is 37.3 Å². The number of nitrogens with zero attached hydrogens (tertiary/aromatic N) is 2. The van der Waals surface area contributed by atoms with Gasteiger partial charge < -0.3 is 10.4 Å². The van der Waals surface area contributed by atoms with E-state index in [-0.39, 0.29) is 6.04 Å². The third-order valence-electron chi connectivity index (χ3n) is 3.15. The average Bonchev–Trinajstić information content (AvgIpc) is 2.87. The summed E-state index contributed by atoms with van der Waals surface area (Å²) in [7, 11) is 0. The van der Waals surface area contributed by atoms with Crippen molar-refractivity contribution in [2.45, 2.75) is 45.3 Å². The molecule has 2 rings (SSSR count). The molecule has 0 fully saturated rings. The first-order valence-electron chi connectivity index (χ1n) is 7.00. The molecule has 5 heteroatoms. The molecular weight excluding hydrogens is 270 g/mol. The predicted octanol–water partition coefficient (Wildman–Crippen LogP) is 2.89. The van der Waals surface area contributed by atoms with Gasteiger partial charge in [0.2, 0.25) is 5.13 Å². The second-order valence-corrected chi connectivity index (χ2v) is 6.00. The maximum Gasteiger partial charge on any atom is 0.205 e. The van der Waals surface area contributed by atoms with Crippen LogP contribution >= 0.6 is 11.3 Å². The molecule has 108 valence electrons. The molecule has 1 aromatic carbocycles. The highest BCUT2D eigenvalue weighted by Gasteiger charge is 2.16. The van der Waals surface area contributed by atoms with Crippen LogP contribution in [0, 0.1) is 0 Å². The van der Waals surface area contributed by atoms with Gasteiger partial charge in [0.25, 0.3) is 0 Å². The Morgan fingerprint density at radius 1 is 1.25 bits per heavy atom. The Hall–Kier alpha value is -1.46. The summed E-state index contributed by atoms with van der Waals surface area (Å²) in [4.78, 5) is 0. The van der Waals surface area contributed by atoms with Gasteiger partial charge in [-0.1, -0.05) is 48.6 Å². The highest BCUT2D eigenvalue weighted by atomic mass is 32.1. The summed E-state index contributed by atoms with van der Waals surface area (Å²) in [5, 5.41) is 23.5. The Labute approximate surface area is 123 Å². The molecular formula is C15H21N3OS. The quantitative estimate of drug-likeness (QED) is 0.823. The number of aryl methyl sites for hydroxylation is 1. The molecule has 20 heavy (non-hydrogen) atoms. The van der Waals surface area contributed by atoms with Crippen LogP contribution in [-0.2, 0) is 12.8 Å². The maximum atomic E-state index is 10.2. The van der Waals surface area contributed by atoms with E-state index in [1.165, 1.54) is 0 Å². The van der Waals surface area contributed by atoms with Crippen LogP contribution in [-0.4, -0.2) is 27.4 Å². The Kier molecular flexibility index (Phi) is 5.49. The summed E-state index contributed by atoms with van der Waals surface area (Å²) in [6.45, 7) is 4.09. The molecule has 0 aliphatic heterocycles. The van der Waals surface area contributed by atoms with Gasteiger partial charge in [0.15, 0.2) is 0 Å². The SMILES string of the molecule is CCCc1nnc(NC(C)C(O)Cc2ccccc2)s1. The van der Waals surface area contributed by atoms with Gasteiger partial charge in [-0.3, -0.25) is 0 Å². The largest absolute Gasteiger partial charge is 0.391 e. The number of rotatable bonds is 7. The fourth-order valence-corrected chi connectivity index (χ4v) is 2.89. The van der Waals surface area contributed by atoms with E-state index >= 15 is 0 Å². The van der Waals surface area contributed by atoms with E-state index in [0.29, 0.717) is 6.42 Å². The Balaban J connectivity index is 1.88. The number of hydrogen-bond donors (Lipinski definition) is 2. The molecule has 0 aliphatic carbocycles. The molecule has 4 nitrogen and oxygen atoms in total. The lowest BCUT2D eigenvalue weighted by molar-refractivity contribution is 0.158. The van der Waals surface area contributed by atoms with Crippen LogP contribution in [0.15, 0.2) is 30.3 Å². The van der Waals surface area contributed by atoms with Crippen molar-refractivity contribution in [3.05, 3.63) is 40.9 Å². The van der Waals surface area contributed by atoms with Crippen molar-refractivity contribution in [2.75, 3.05) is 5.32 Å². The predicted molar refractivity (Wildman–Crippen MR) is 83.1 cm³/mol. The molecule has 0 radical (unpaired) electrons. The standard InChI is InChI=1S/C15H21N3OS/c1-3-7-14-17-18-15(20-14)16-11(2)13(19)10-12-8-5-4-6-9-12/h4-6,8-9,11,13,19H,3,7,10H2,1-2H3,(H,16,18). The molecule has 0 bridgehead atoms. The number of hydrogen-bond acceptors (Lipinski definition) is 5. The summed E-state index contributed by atoms with van der Waals surface area (Å²) in [6, 6.07) is 9.95. The molecule has 2 aromatic rings. The van der Waals surface area contributed by atoms with Crippen LogP contribution in [0.4, 0.5) is 5.13 Å². The number of anilines is 1. The maximum absolute atomic E-state index is 10.2. The Morgan fingerprint density at radius 3 is 2.70 bits per heavy atom. The van der Waals surface area contributed by atoms with Crippen molar-refractivity contribution in [3.8, 4) is 0 Å². The molecule has 0 amide bonds. The van der Waals surface area contributed by atoms with Crippen molar-refractivity contribution < 1.29 is 5.11 Å². The third-order valence-corrected chi connectivity index (χ3v) is 4.06. The van der Waals surface area contributed by atoms with Crippen molar-refractivity contribution in [2.24, 2.45) is 0 Å². The minimum atomic E-state index is -0.448. The van der Waals surface area contributed by atoms with E-state index in [0.717, 1.165) is 28.5 Å². The zero-order valence-corrected chi connectivity index (χ0v) is 12.7. The molecule has 0 saturated heterocycles.